The van der Waals surface area contributed by atoms with Crippen LogP contribution in [0, 0.1) is 0 Å². The molecule has 0 saturated carbocycles. The molecule has 3 rings (SSSR count). The highest BCUT2D eigenvalue weighted by Crippen LogP contribution is 2.34. The first-order valence-electron chi connectivity index (χ1n) is 6.99. The van der Waals surface area contributed by atoms with Crippen molar-refractivity contribution in [3.63, 3.8) is 0 Å². The van der Waals surface area contributed by atoms with Gasteiger partial charge in [-0.1, -0.05) is 12.1 Å². The zero-order chi connectivity index (χ0) is 15.7. The number of benzene rings is 2. The molecule has 0 spiro atoms. The third-order valence-corrected chi connectivity index (χ3v) is 3.85. The molecule has 0 unspecified atom stereocenters. The fourth-order valence-electron chi connectivity index (χ4n) is 2.64. The van der Waals surface area contributed by atoms with Crippen molar-refractivity contribution in [3.05, 3.63) is 53.6 Å². The smallest absolute Gasteiger partial charge is 0.257 e. The number of para-hydroxylation sites is 1. The number of nitrogens with one attached hydrogen (secondary N) is 1. The van der Waals surface area contributed by atoms with Crippen LogP contribution in [-0.4, -0.2) is 32.1 Å². The van der Waals surface area contributed by atoms with E-state index in [1.165, 1.54) is 0 Å². The maximum atomic E-state index is 12.5. The molecule has 0 radical (unpaired) electrons. The van der Waals surface area contributed by atoms with Crippen molar-refractivity contribution in [3.8, 4) is 11.5 Å². The fourth-order valence-corrected chi connectivity index (χ4v) is 2.64. The number of hydrogen-bond donors (Lipinski definition) is 1. The van der Waals surface area contributed by atoms with Crippen LogP contribution in [0.15, 0.2) is 42.5 Å². The highest BCUT2D eigenvalue weighted by Gasteiger charge is 2.30. The molecule has 0 aromatic heterocycles. The monoisotopic (exact) mass is 298 g/mol. The van der Waals surface area contributed by atoms with Crippen LogP contribution in [-0.2, 0) is 0 Å². The minimum atomic E-state index is -0.272. The number of rotatable bonds is 3. The summed E-state index contributed by atoms with van der Waals surface area (Å²) in [7, 11) is 5.00. The summed E-state index contributed by atoms with van der Waals surface area (Å²) in [6.45, 7) is 0. The number of anilines is 1. The molecule has 5 nitrogen and oxygen atoms in total. The molecule has 2 aromatic rings. The van der Waals surface area contributed by atoms with Gasteiger partial charge in [0.1, 0.15) is 17.7 Å². The molecule has 0 bridgehead atoms. The van der Waals surface area contributed by atoms with Gasteiger partial charge in [0.15, 0.2) is 0 Å². The van der Waals surface area contributed by atoms with Gasteiger partial charge in [-0.3, -0.25) is 4.79 Å². The van der Waals surface area contributed by atoms with Crippen molar-refractivity contribution in [2.75, 3.05) is 26.6 Å². The number of fused-ring (bicyclic) bond motifs is 1. The van der Waals surface area contributed by atoms with E-state index in [2.05, 4.69) is 5.32 Å². The summed E-state index contributed by atoms with van der Waals surface area (Å²) in [6, 6.07) is 13.1. The van der Waals surface area contributed by atoms with Crippen LogP contribution >= 0.6 is 0 Å². The molecule has 1 aliphatic rings. The Bertz CT molecular complexity index is 693. The van der Waals surface area contributed by atoms with Crippen molar-refractivity contribution >= 4 is 11.6 Å². The van der Waals surface area contributed by atoms with Crippen LogP contribution in [0.2, 0.25) is 0 Å². The Hall–Kier alpha value is -2.69. The molecule has 1 amide bonds. The molecule has 1 aliphatic heterocycles. The Morgan fingerprint density at radius 2 is 1.68 bits per heavy atom. The summed E-state index contributed by atoms with van der Waals surface area (Å²) in [5.74, 6) is 1.37. The van der Waals surface area contributed by atoms with Gasteiger partial charge < -0.3 is 19.7 Å². The summed E-state index contributed by atoms with van der Waals surface area (Å²) in [5.41, 5.74) is 2.41. The molecule has 22 heavy (non-hydrogen) atoms. The predicted molar refractivity (Wildman–Crippen MR) is 84.4 cm³/mol. The molecule has 1 heterocycles. The van der Waals surface area contributed by atoms with Gasteiger partial charge in [0.2, 0.25) is 0 Å². The Morgan fingerprint density at radius 3 is 2.32 bits per heavy atom. The van der Waals surface area contributed by atoms with Crippen molar-refractivity contribution < 1.29 is 14.3 Å². The van der Waals surface area contributed by atoms with Gasteiger partial charge in [-0.2, -0.15) is 0 Å². The second kappa shape index (κ2) is 5.60. The van der Waals surface area contributed by atoms with Crippen LogP contribution in [0.5, 0.6) is 11.5 Å². The number of ether oxygens (including phenoxy) is 2. The van der Waals surface area contributed by atoms with Gasteiger partial charge in [-0.25, -0.2) is 0 Å². The molecular weight excluding hydrogens is 280 g/mol. The molecular formula is C17H18N2O3. The van der Waals surface area contributed by atoms with Gasteiger partial charge >= 0.3 is 0 Å². The average molecular weight is 298 g/mol. The van der Waals surface area contributed by atoms with E-state index in [1.54, 1.807) is 26.2 Å². The zero-order valence-corrected chi connectivity index (χ0v) is 12.8. The van der Waals surface area contributed by atoms with Gasteiger partial charge in [-0.15, -0.1) is 0 Å². The lowest BCUT2D eigenvalue weighted by molar-refractivity contribution is 0.0735. The molecule has 2 aromatic carbocycles. The molecule has 1 N–H and O–H groups in total. The van der Waals surface area contributed by atoms with Crippen LogP contribution in [0.3, 0.4) is 0 Å². The molecule has 114 valence electrons. The SMILES string of the molecule is COc1cc(OC)cc([C@H]2Nc3ccccc3C(=O)N2C)c1. The third-order valence-electron chi connectivity index (χ3n) is 3.85. The minimum Gasteiger partial charge on any atom is -0.497 e. The number of carbonyl (C=O) groups is 1. The summed E-state index contributed by atoms with van der Waals surface area (Å²) >= 11 is 0. The second-order valence-corrected chi connectivity index (χ2v) is 5.15. The second-order valence-electron chi connectivity index (χ2n) is 5.15. The van der Waals surface area contributed by atoms with Crippen molar-refractivity contribution in [2.45, 2.75) is 6.17 Å². The quantitative estimate of drug-likeness (QED) is 0.946. The highest BCUT2D eigenvalue weighted by atomic mass is 16.5. The number of nitrogens with zero attached hydrogens (tertiary/aromatic N) is 1. The van der Waals surface area contributed by atoms with Gasteiger partial charge in [0.05, 0.1) is 19.8 Å². The Morgan fingerprint density at radius 1 is 1.05 bits per heavy atom. The van der Waals surface area contributed by atoms with Gasteiger partial charge in [0.25, 0.3) is 5.91 Å². The zero-order valence-electron chi connectivity index (χ0n) is 12.8. The van der Waals surface area contributed by atoms with Gasteiger partial charge in [0, 0.05) is 24.4 Å². The van der Waals surface area contributed by atoms with Gasteiger partial charge in [-0.05, 0) is 24.3 Å². The Balaban J connectivity index is 2.04. The molecule has 0 fully saturated rings. The number of hydrogen-bond acceptors (Lipinski definition) is 4. The maximum absolute atomic E-state index is 12.5. The van der Waals surface area contributed by atoms with Crippen LogP contribution in [0.25, 0.3) is 0 Å². The molecule has 1 atom stereocenters. The van der Waals surface area contributed by atoms with E-state index in [1.807, 2.05) is 42.5 Å². The molecule has 0 saturated heterocycles. The van der Waals surface area contributed by atoms with E-state index in [0.717, 1.165) is 11.3 Å². The lowest BCUT2D eigenvalue weighted by atomic mass is 10.0. The molecule has 0 aliphatic carbocycles. The fraction of sp³-hybridized carbons (Fsp3) is 0.235. The Kier molecular flexibility index (Phi) is 3.63. The van der Waals surface area contributed by atoms with E-state index in [-0.39, 0.29) is 12.1 Å². The normalized spacial score (nSPS) is 16.8. The van der Waals surface area contributed by atoms with E-state index >= 15 is 0 Å². The van der Waals surface area contributed by atoms with E-state index in [4.69, 9.17) is 9.47 Å². The predicted octanol–water partition coefficient (Wildman–Crippen LogP) is 2.90. The summed E-state index contributed by atoms with van der Waals surface area (Å²) in [6.07, 6.45) is -0.272. The summed E-state index contributed by atoms with van der Waals surface area (Å²) in [5, 5.41) is 3.39. The molecule has 5 heteroatoms. The topological polar surface area (TPSA) is 50.8 Å². The average Bonchev–Trinajstić information content (AvgIpc) is 2.57. The Labute approximate surface area is 129 Å². The van der Waals surface area contributed by atoms with Crippen LogP contribution < -0.4 is 14.8 Å². The highest BCUT2D eigenvalue weighted by molar-refractivity contribution is 6.01. The number of amides is 1. The lowest BCUT2D eigenvalue weighted by Crippen LogP contribution is -2.40. The first-order valence-corrected chi connectivity index (χ1v) is 6.99. The minimum absolute atomic E-state index is 0.0128. The van der Waals surface area contributed by atoms with E-state index in [9.17, 15) is 4.79 Å². The van der Waals surface area contributed by atoms with Crippen LogP contribution in [0.4, 0.5) is 5.69 Å². The first kappa shape index (κ1) is 14.3. The largest absolute Gasteiger partial charge is 0.497 e. The number of methoxy groups -OCH3 is 2. The summed E-state index contributed by atoms with van der Waals surface area (Å²) < 4.78 is 10.6. The lowest BCUT2D eigenvalue weighted by Gasteiger charge is -2.35. The van der Waals surface area contributed by atoms with E-state index < -0.39 is 0 Å². The summed E-state index contributed by atoms with van der Waals surface area (Å²) in [4.78, 5) is 14.2. The third kappa shape index (κ3) is 2.35. The maximum Gasteiger partial charge on any atom is 0.257 e. The van der Waals surface area contributed by atoms with Crippen molar-refractivity contribution in [2.24, 2.45) is 0 Å². The van der Waals surface area contributed by atoms with Crippen molar-refractivity contribution in [1.29, 1.82) is 0 Å². The number of carbonyl (C=O) groups excluding carboxylic acids is 1. The standard InChI is InChI=1S/C17H18N2O3/c1-19-16(11-8-12(21-2)10-13(9-11)22-3)18-15-7-5-4-6-14(15)17(19)20/h4-10,16,18H,1-3H3/t16-/m0/s1. The van der Waals surface area contributed by atoms with Crippen LogP contribution in [0.1, 0.15) is 22.1 Å². The van der Waals surface area contributed by atoms with Crippen molar-refractivity contribution in [1.82, 2.24) is 4.90 Å². The van der Waals surface area contributed by atoms with E-state index in [0.29, 0.717) is 17.1 Å². The first-order chi connectivity index (χ1) is 10.6.